The van der Waals surface area contributed by atoms with Gasteiger partial charge in [0.25, 0.3) is 11.8 Å². The van der Waals surface area contributed by atoms with Crippen LogP contribution in [0, 0.1) is 13.8 Å². The lowest BCUT2D eigenvalue weighted by Crippen LogP contribution is -2.43. The molecule has 0 aromatic heterocycles. The Morgan fingerprint density at radius 2 is 1.81 bits per heavy atom. The summed E-state index contributed by atoms with van der Waals surface area (Å²) in [5.74, 6) is 0.397. The van der Waals surface area contributed by atoms with Gasteiger partial charge in [0.05, 0.1) is 6.61 Å². The minimum atomic E-state index is -0.446. The largest absolute Gasteiger partial charge is 0.494 e. The summed E-state index contributed by atoms with van der Waals surface area (Å²) in [4.78, 5) is 24.1. The van der Waals surface area contributed by atoms with E-state index in [1.54, 1.807) is 24.3 Å². The van der Waals surface area contributed by atoms with E-state index in [2.05, 4.69) is 17.8 Å². The predicted octanol–water partition coefficient (Wildman–Crippen LogP) is 3.32. The zero-order valence-corrected chi connectivity index (χ0v) is 16.0. The van der Waals surface area contributed by atoms with Gasteiger partial charge in [-0.05, 0) is 50.1 Å². The van der Waals surface area contributed by atoms with Gasteiger partial charge in [-0.3, -0.25) is 20.4 Å². The summed E-state index contributed by atoms with van der Waals surface area (Å²) in [6.45, 7) is 6.40. The Kier molecular flexibility index (Phi) is 7.67. The summed E-state index contributed by atoms with van der Waals surface area (Å²) in [5.41, 5.74) is 7.20. The maximum Gasteiger partial charge on any atom is 0.276 e. The number of hydrogen-bond donors (Lipinski definition) is 2. The number of carbonyl (C=O) groups is 2. The van der Waals surface area contributed by atoms with E-state index in [0.29, 0.717) is 23.7 Å². The molecule has 0 aliphatic rings. The van der Waals surface area contributed by atoms with Crippen molar-refractivity contribution in [3.8, 4) is 11.5 Å². The first-order valence-corrected chi connectivity index (χ1v) is 9.01. The highest BCUT2D eigenvalue weighted by atomic mass is 16.5. The van der Waals surface area contributed by atoms with E-state index in [4.69, 9.17) is 9.47 Å². The van der Waals surface area contributed by atoms with Gasteiger partial charge in [0.2, 0.25) is 0 Å². The van der Waals surface area contributed by atoms with Crippen molar-refractivity contribution >= 4 is 11.8 Å². The Hall–Kier alpha value is -3.02. The highest BCUT2D eigenvalue weighted by molar-refractivity contribution is 5.95. The summed E-state index contributed by atoms with van der Waals surface area (Å²) < 4.78 is 11.1. The fourth-order valence-electron chi connectivity index (χ4n) is 2.40. The first-order chi connectivity index (χ1) is 13.0. The minimum absolute atomic E-state index is 0.190. The molecule has 0 saturated heterocycles. The topological polar surface area (TPSA) is 76.7 Å². The summed E-state index contributed by atoms with van der Waals surface area (Å²) in [6.07, 6.45) is 1.99. The molecule has 2 aromatic rings. The molecule has 2 amide bonds. The maximum absolute atomic E-state index is 12.2. The molecule has 0 aliphatic carbocycles. The fraction of sp³-hybridized carbons (Fsp3) is 0.333. The van der Waals surface area contributed by atoms with Crippen LogP contribution in [0.5, 0.6) is 11.5 Å². The monoisotopic (exact) mass is 370 g/mol. The molecule has 0 bridgehead atoms. The van der Waals surface area contributed by atoms with Crippen molar-refractivity contribution in [3.63, 3.8) is 0 Å². The zero-order valence-electron chi connectivity index (χ0n) is 16.0. The minimum Gasteiger partial charge on any atom is -0.494 e. The van der Waals surface area contributed by atoms with Gasteiger partial charge in [0.1, 0.15) is 11.5 Å². The van der Waals surface area contributed by atoms with Crippen LogP contribution in [-0.2, 0) is 4.79 Å². The van der Waals surface area contributed by atoms with Crippen LogP contribution in [0.4, 0.5) is 0 Å². The Bertz CT molecular complexity index is 790. The van der Waals surface area contributed by atoms with Crippen LogP contribution in [-0.4, -0.2) is 25.0 Å². The van der Waals surface area contributed by atoms with Crippen LogP contribution in [0.3, 0.4) is 0 Å². The molecule has 0 radical (unpaired) electrons. The third-order valence-electron chi connectivity index (χ3n) is 3.87. The molecule has 0 fully saturated rings. The molecule has 6 nitrogen and oxygen atoms in total. The maximum atomic E-state index is 12.2. The zero-order chi connectivity index (χ0) is 19.6. The van der Waals surface area contributed by atoms with Crippen LogP contribution in [0.1, 0.15) is 41.3 Å². The van der Waals surface area contributed by atoms with E-state index in [1.807, 2.05) is 32.0 Å². The number of nitrogens with one attached hydrogen (secondary N) is 2. The standard InChI is InChI=1S/C21H26N2O4/c1-4-5-11-26-18-8-6-7-17(13-18)21(25)23-22-20(24)14-27-19-10-9-15(2)12-16(19)3/h6-10,12-13H,4-5,11,14H2,1-3H3,(H,22,24)(H,23,25). The first kappa shape index (κ1) is 20.3. The van der Waals surface area contributed by atoms with Gasteiger partial charge in [-0.1, -0.05) is 37.1 Å². The van der Waals surface area contributed by atoms with Crippen molar-refractivity contribution < 1.29 is 19.1 Å². The number of rotatable bonds is 8. The normalized spacial score (nSPS) is 10.2. The molecule has 27 heavy (non-hydrogen) atoms. The smallest absolute Gasteiger partial charge is 0.276 e. The van der Waals surface area contributed by atoms with Crippen LogP contribution in [0.25, 0.3) is 0 Å². The van der Waals surface area contributed by atoms with Crippen molar-refractivity contribution in [2.24, 2.45) is 0 Å². The average Bonchev–Trinajstić information content (AvgIpc) is 2.66. The molecule has 0 aliphatic heterocycles. The third kappa shape index (κ3) is 6.66. The number of carbonyl (C=O) groups excluding carboxylic acids is 2. The van der Waals surface area contributed by atoms with E-state index >= 15 is 0 Å². The molecule has 2 N–H and O–H groups in total. The highest BCUT2D eigenvalue weighted by Gasteiger charge is 2.10. The van der Waals surface area contributed by atoms with E-state index in [1.165, 1.54) is 0 Å². The summed E-state index contributed by atoms with van der Waals surface area (Å²) in [6, 6.07) is 12.5. The summed E-state index contributed by atoms with van der Waals surface area (Å²) >= 11 is 0. The Balaban J connectivity index is 1.80. The quantitative estimate of drug-likeness (QED) is 0.552. The Morgan fingerprint density at radius 3 is 2.56 bits per heavy atom. The van der Waals surface area contributed by atoms with Gasteiger partial charge in [-0.25, -0.2) is 0 Å². The lowest BCUT2D eigenvalue weighted by atomic mass is 10.1. The second-order valence-electron chi connectivity index (χ2n) is 6.29. The van der Waals surface area contributed by atoms with Gasteiger partial charge in [0.15, 0.2) is 6.61 Å². The molecule has 0 heterocycles. The predicted molar refractivity (Wildman–Crippen MR) is 104 cm³/mol. The number of amides is 2. The van der Waals surface area contributed by atoms with Crippen LogP contribution < -0.4 is 20.3 Å². The highest BCUT2D eigenvalue weighted by Crippen LogP contribution is 2.18. The second kappa shape index (κ2) is 10.2. The van der Waals surface area contributed by atoms with E-state index in [0.717, 1.165) is 24.0 Å². The lowest BCUT2D eigenvalue weighted by Gasteiger charge is -2.11. The summed E-state index contributed by atoms with van der Waals surface area (Å²) in [7, 11) is 0. The molecule has 0 atom stereocenters. The molecule has 0 saturated carbocycles. The molecular weight excluding hydrogens is 344 g/mol. The lowest BCUT2D eigenvalue weighted by molar-refractivity contribution is -0.123. The van der Waals surface area contributed by atoms with Crippen molar-refractivity contribution in [2.75, 3.05) is 13.2 Å². The SMILES string of the molecule is CCCCOc1cccc(C(=O)NNC(=O)COc2ccc(C)cc2C)c1. The van der Waals surface area contributed by atoms with Crippen molar-refractivity contribution in [3.05, 3.63) is 59.2 Å². The Labute approximate surface area is 159 Å². The molecule has 2 rings (SSSR count). The van der Waals surface area contributed by atoms with E-state index in [9.17, 15) is 9.59 Å². The van der Waals surface area contributed by atoms with Crippen LogP contribution in [0.15, 0.2) is 42.5 Å². The molecule has 0 unspecified atom stereocenters. The Morgan fingerprint density at radius 1 is 1.00 bits per heavy atom. The van der Waals surface area contributed by atoms with Crippen molar-refractivity contribution in [2.45, 2.75) is 33.6 Å². The first-order valence-electron chi connectivity index (χ1n) is 9.01. The van der Waals surface area contributed by atoms with Gasteiger partial charge < -0.3 is 9.47 Å². The van der Waals surface area contributed by atoms with Gasteiger partial charge in [-0.2, -0.15) is 0 Å². The molecular formula is C21H26N2O4. The number of aryl methyl sites for hydroxylation is 2. The molecule has 6 heteroatoms. The second-order valence-corrected chi connectivity index (χ2v) is 6.29. The molecule has 0 spiro atoms. The number of benzene rings is 2. The van der Waals surface area contributed by atoms with Crippen molar-refractivity contribution in [1.82, 2.24) is 10.9 Å². The van der Waals surface area contributed by atoms with E-state index in [-0.39, 0.29) is 6.61 Å². The number of ether oxygens (including phenoxy) is 2. The average molecular weight is 370 g/mol. The molecule has 2 aromatic carbocycles. The van der Waals surface area contributed by atoms with Crippen LogP contribution >= 0.6 is 0 Å². The number of hydrazine groups is 1. The molecule has 144 valence electrons. The number of unbranched alkanes of at least 4 members (excludes halogenated alkanes) is 1. The summed E-state index contributed by atoms with van der Waals surface area (Å²) in [5, 5.41) is 0. The van der Waals surface area contributed by atoms with Crippen molar-refractivity contribution in [1.29, 1.82) is 0 Å². The van der Waals surface area contributed by atoms with Crippen LogP contribution in [0.2, 0.25) is 0 Å². The third-order valence-corrected chi connectivity index (χ3v) is 3.87. The van der Waals surface area contributed by atoms with E-state index < -0.39 is 11.8 Å². The van der Waals surface area contributed by atoms with Gasteiger partial charge in [-0.15, -0.1) is 0 Å². The van der Waals surface area contributed by atoms with Gasteiger partial charge >= 0.3 is 0 Å². The number of hydrogen-bond acceptors (Lipinski definition) is 4. The fourth-order valence-corrected chi connectivity index (χ4v) is 2.40. The van der Waals surface area contributed by atoms with Gasteiger partial charge in [0, 0.05) is 5.56 Å².